The molecule has 0 saturated heterocycles. The second kappa shape index (κ2) is 7.15. The number of benzene rings is 1. The lowest BCUT2D eigenvalue weighted by molar-refractivity contribution is 0.554. The van der Waals surface area contributed by atoms with Crippen LogP contribution in [0.3, 0.4) is 0 Å². The topological polar surface area (TPSA) is 80.7 Å². The molecule has 6 nitrogen and oxygen atoms in total. The molecule has 0 amide bonds. The van der Waals surface area contributed by atoms with Gasteiger partial charge in [-0.2, -0.15) is 10.2 Å². The predicted octanol–water partition coefficient (Wildman–Crippen LogP) is 1.25. The van der Waals surface area contributed by atoms with E-state index in [2.05, 4.69) is 4.98 Å². The molecule has 1 heterocycles. The maximum Gasteiger partial charge on any atom is 0.354 e. The van der Waals surface area contributed by atoms with Gasteiger partial charge in [-0.25, -0.2) is 14.2 Å². The van der Waals surface area contributed by atoms with E-state index in [1.807, 2.05) is 35.7 Å². The summed E-state index contributed by atoms with van der Waals surface area (Å²) in [4.78, 5) is 28.2. The number of thiocyanates is 1. The number of aromatic nitrogens is 3. The molecule has 0 radical (unpaired) electrons. The number of hydrogen-bond acceptors (Lipinski definition) is 6. The van der Waals surface area contributed by atoms with Gasteiger partial charge in [0.05, 0.1) is 11.6 Å². The van der Waals surface area contributed by atoms with Crippen LogP contribution >= 0.6 is 23.5 Å². The first-order valence-corrected chi connectivity index (χ1v) is 7.96. The van der Waals surface area contributed by atoms with Gasteiger partial charge in [0, 0.05) is 7.05 Å². The van der Waals surface area contributed by atoms with Crippen LogP contribution in [-0.4, -0.2) is 19.2 Å². The SMILES string of the molecule is Cn1c(SCSC#N)nc(=O)n(Cc2ccccc2)c1=O. The summed E-state index contributed by atoms with van der Waals surface area (Å²) in [5.41, 5.74) is -0.131. The second-order valence-electron chi connectivity index (χ2n) is 4.09. The first kappa shape index (κ1) is 15.4. The molecule has 2 rings (SSSR count). The highest BCUT2D eigenvalue weighted by Crippen LogP contribution is 2.17. The predicted molar refractivity (Wildman–Crippen MR) is 83.2 cm³/mol. The zero-order chi connectivity index (χ0) is 15.2. The Morgan fingerprint density at radius 1 is 1.29 bits per heavy atom. The molecule has 0 bridgehead atoms. The normalized spacial score (nSPS) is 10.3. The summed E-state index contributed by atoms with van der Waals surface area (Å²) in [5, 5.41) is 11.1. The van der Waals surface area contributed by atoms with E-state index in [-0.39, 0.29) is 6.54 Å². The minimum atomic E-state index is -0.577. The van der Waals surface area contributed by atoms with Crippen molar-refractivity contribution in [3.8, 4) is 5.40 Å². The Labute approximate surface area is 129 Å². The number of nitrogens with zero attached hydrogens (tertiary/aromatic N) is 4. The van der Waals surface area contributed by atoms with E-state index in [9.17, 15) is 9.59 Å². The molecule has 0 aliphatic heterocycles. The van der Waals surface area contributed by atoms with Gasteiger partial charge in [-0.05, 0) is 17.3 Å². The van der Waals surface area contributed by atoms with E-state index >= 15 is 0 Å². The van der Waals surface area contributed by atoms with Crippen LogP contribution in [0.25, 0.3) is 0 Å². The van der Waals surface area contributed by atoms with Gasteiger partial charge < -0.3 is 0 Å². The van der Waals surface area contributed by atoms with Gasteiger partial charge >= 0.3 is 11.4 Å². The molecule has 0 fully saturated rings. The van der Waals surface area contributed by atoms with Crippen molar-refractivity contribution in [2.24, 2.45) is 7.05 Å². The lowest BCUT2D eigenvalue weighted by Gasteiger charge is -2.09. The monoisotopic (exact) mass is 320 g/mol. The van der Waals surface area contributed by atoms with Gasteiger partial charge in [-0.15, -0.1) is 0 Å². The van der Waals surface area contributed by atoms with E-state index in [0.717, 1.165) is 21.9 Å². The van der Waals surface area contributed by atoms with Crippen molar-refractivity contribution in [1.29, 1.82) is 5.26 Å². The molecule has 1 aromatic carbocycles. The highest BCUT2D eigenvalue weighted by atomic mass is 32.2. The van der Waals surface area contributed by atoms with Crippen molar-refractivity contribution in [3.05, 3.63) is 56.9 Å². The largest absolute Gasteiger partial charge is 0.354 e. The van der Waals surface area contributed by atoms with Crippen LogP contribution in [0.4, 0.5) is 0 Å². The van der Waals surface area contributed by atoms with Gasteiger partial charge in [0.1, 0.15) is 5.40 Å². The van der Waals surface area contributed by atoms with Crippen molar-refractivity contribution < 1.29 is 0 Å². The maximum absolute atomic E-state index is 12.2. The van der Waals surface area contributed by atoms with Crippen molar-refractivity contribution >= 4 is 23.5 Å². The maximum atomic E-state index is 12.2. The van der Waals surface area contributed by atoms with E-state index in [1.54, 1.807) is 7.05 Å². The first-order chi connectivity index (χ1) is 10.1. The smallest absolute Gasteiger partial charge is 0.275 e. The lowest BCUT2D eigenvalue weighted by Crippen LogP contribution is -2.41. The summed E-state index contributed by atoms with van der Waals surface area (Å²) in [6, 6.07) is 9.26. The van der Waals surface area contributed by atoms with Crippen molar-refractivity contribution in [2.45, 2.75) is 11.7 Å². The summed E-state index contributed by atoms with van der Waals surface area (Å²) in [7, 11) is 1.57. The molecule has 1 aromatic heterocycles. The van der Waals surface area contributed by atoms with Gasteiger partial charge in [0.15, 0.2) is 5.16 Å². The van der Waals surface area contributed by atoms with Crippen molar-refractivity contribution in [1.82, 2.24) is 14.1 Å². The molecular formula is C13H12N4O2S2. The van der Waals surface area contributed by atoms with Crippen LogP contribution in [0.1, 0.15) is 5.56 Å². The number of rotatable bonds is 5. The van der Waals surface area contributed by atoms with Crippen molar-refractivity contribution in [2.75, 3.05) is 5.08 Å². The zero-order valence-electron chi connectivity index (χ0n) is 11.2. The second-order valence-corrected chi connectivity index (χ2v) is 6.16. The van der Waals surface area contributed by atoms with E-state index in [4.69, 9.17) is 5.26 Å². The van der Waals surface area contributed by atoms with Gasteiger partial charge in [-0.3, -0.25) is 4.57 Å². The molecule has 8 heteroatoms. The fraction of sp³-hybridized carbons (Fsp3) is 0.231. The molecule has 0 atom stereocenters. The molecular weight excluding hydrogens is 308 g/mol. The molecule has 21 heavy (non-hydrogen) atoms. The van der Waals surface area contributed by atoms with Crippen molar-refractivity contribution in [3.63, 3.8) is 0 Å². The van der Waals surface area contributed by atoms with Crippen LogP contribution in [0, 0.1) is 10.7 Å². The summed E-state index contributed by atoms with van der Waals surface area (Å²) < 4.78 is 2.42. The third kappa shape index (κ3) is 3.77. The van der Waals surface area contributed by atoms with Crippen LogP contribution in [0.2, 0.25) is 0 Å². The Morgan fingerprint density at radius 3 is 2.67 bits per heavy atom. The average Bonchev–Trinajstić information content (AvgIpc) is 2.50. The number of nitriles is 1. The molecule has 0 N–H and O–H groups in total. The highest BCUT2D eigenvalue weighted by Gasteiger charge is 2.11. The Bertz CT molecular complexity index is 777. The lowest BCUT2D eigenvalue weighted by atomic mass is 10.2. The Kier molecular flexibility index (Phi) is 5.25. The van der Waals surface area contributed by atoms with Crippen LogP contribution < -0.4 is 11.4 Å². The Balaban J connectivity index is 2.33. The summed E-state index contributed by atoms with van der Waals surface area (Å²) in [6.07, 6.45) is 0. The highest BCUT2D eigenvalue weighted by molar-refractivity contribution is 8.18. The Hall–Kier alpha value is -1.98. The fourth-order valence-corrected chi connectivity index (χ4v) is 2.98. The molecule has 0 aliphatic carbocycles. The number of thioether (sulfide) groups is 2. The van der Waals surface area contributed by atoms with E-state index in [1.165, 1.54) is 16.3 Å². The summed E-state index contributed by atoms with van der Waals surface area (Å²) in [6.45, 7) is 0.192. The Morgan fingerprint density at radius 2 is 2.00 bits per heavy atom. The molecule has 0 saturated carbocycles. The standard InChI is InChI=1S/C13H12N4O2S2/c1-16-12(21-9-20-8-14)15-11(18)17(13(16)19)7-10-5-3-2-4-6-10/h2-6H,7,9H2,1H3. The zero-order valence-corrected chi connectivity index (χ0v) is 12.9. The molecule has 108 valence electrons. The first-order valence-electron chi connectivity index (χ1n) is 5.99. The quantitative estimate of drug-likeness (QED) is 0.357. The molecule has 0 spiro atoms. The van der Waals surface area contributed by atoms with Crippen LogP contribution in [0.5, 0.6) is 0 Å². The molecule has 2 aromatic rings. The van der Waals surface area contributed by atoms with Gasteiger partial charge in [0.2, 0.25) is 0 Å². The van der Waals surface area contributed by atoms with E-state index < -0.39 is 11.4 Å². The van der Waals surface area contributed by atoms with Gasteiger partial charge in [-0.1, -0.05) is 42.1 Å². The van der Waals surface area contributed by atoms with E-state index in [0.29, 0.717) is 10.2 Å². The molecule has 0 aliphatic rings. The summed E-state index contributed by atoms with van der Waals surface area (Å²) in [5.74, 6) is 0. The van der Waals surface area contributed by atoms with Crippen LogP contribution in [-0.2, 0) is 13.6 Å². The molecule has 0 unspecified atom stereocenters. The van der Waals surface area contributed by atoms with Crippen LogP contribution in [0.15, 0.2) is 45.1 Å². The minimum absolute atomic E-state index is 0.192. The van der Waals surface area contributed by atoms with Gasteiger partial charge in [0.25, 0.3) is 0 Å². The number of hydrogen-bond donors (Lipinski definition) is 0. The third-order valence-electron chi connectivity index (χ3n) is 2.72. The minimum Gasteiger partial charge on any atom is -0.275 e. The average molecular weight is 320 g/mol. The third-order valence-corrected chi connectivity index (χ3v) is 4.42. The fourth-order valence-electron chi connectivity index (χ4n) is 1.70. The summed E-state index contributed by atoms with van der Waals surface area (Å²) >= 11 is 2.23.